The van der Waals surface area contributed by atoms with Crippen LogP contribution >= 0.6 is 0 Å². The zero-order valence-corrected chi connectivity index (χ0v) is 17.9. The van der Waals surface area contributed by atoms with Crippen LogP contribution in [-0.4, -0.2) is 55.2 Å². The molecule has 1 amide bonds. The molecule has 11 heteroatoms. The summed E-state index contributed by atoms with van der Waals surface area (Å²) in [5, 5.41) is 11.6. The van der Waals surface area contributed by atoms with Crippen LogP contribution in [0.4, 0.5) is 13.2 Å². The number of aromatic nitrogens is 3. The van der Waals surface area contributed by atoms with Crippen molar-refractivity contribution in [3.05, 3.63) is 53.7 Å². The Balaban J connectivity index is 0.000000325. The molecule has 3 heterocycles. The minimum atomic E-state index is -5.08. The van der Waals surface area contributed by atoms with Crippen LogP contribution in [0.5, 0.6) is 0 Å². The molecule has 176 valence electrons. The van der Waals surface area contributed by atoms with Gasteiger partial charge in [-0.2, -0.15) is 13.2 Å². The number of benzene rings is 1. The molecule has 2 aromatic heterocycles. The average molecular weight is 463 g/mol. The number of aromatic amines is 1. The van der Waals surface area contributed by atoms with E-state index in [2.05, 4.69) is 44.5 Å². The van der Waals surface area contributed by atoms with Crippen LogP contribution in [0.2, 0.25) is 0 Å². The van der Waals surface area contributed by atoms with Crippen LogP contribution in [0.15, 0.2) is 36.8 Å². The van der Waals surface area contributed by atoms with Gasteiger partial charge in [0.25, 0.3) is 0 Å². The molecular weight excluding hydrogens is 439 g/mol. The highest BCUT2D eigenvalue weighted by atomic mass is 19.4. The summed E-state index contributed by atoms with van der Waals surface area (Å²) < 4.78 is 33.7. The molecule has 0 bridgehead atoms. The molecule has 2 aliphatic rings. The number of carbonyl (C=O) groups excluding carboxylic acids is 1. The molecule has 1 fully saturated rings. The number of aryl methyl sites for hydroxylation is 1. The summed E-state index contributed by atoms with van der Waals surface area (Å²) in [5.41, 5.74) is 4.53. The van der Waals surface area contributed by atoms with Gasteiger partial charge < -0.3 is 20.0 Å². The van der Waals surface area contributed by atoms with E-state index in [1.54, 1.807) is 0 Å². The van der Waals surface area contributed by atoms with Gasteiger partial charge in [-0.3, -0.25) is 9.69 Å². The number of carboxylic acid groups (broad SMARTS) is 1. The van der Waals surface area contributed by atoms with E-state index in [-0.39, 0.29) is 11.8 Å². The maximum atomic E-state index is 12.8. The number of imidazole rings is 1. The number of carboxylic acids is 1. The fourth-order valence-corrected chi connectivity index (χ4v) is 4.06. The largest absolute Gasteiger partial charge is 0.490 e. The molecule has 33 heavy (non-hydrogen) atoms. The lowest BCUT2D eigenvalue weighted by Gasteiger charge is -2.32. The molecule has 0 spiro atoms. The zero-order valence-electron chi connectivity index (χ0n) is 17.9. The molecule has 3 aromatic rings. The maximum absolute atomic E-state index is 12.8. The van der Waals surface area contributed by atoms with Crippen LogP contribution in [0, 0.1) is 0 Å². The van der Waals surface area contributed by atoms with Gasteiger partial charge in [0.15, 0.2) is 0 Å². The Bertz CT molecular complexity index is 1170. The highest BCUT2D eigenvalue weighted by molar-refractivity contribution is 5.85. The summed E-state index contributed by atoms with van der Waals surface area (Å²) >= 11 is 0. The van der Waals surface area contributed by atoms with E-state index in [4.69, 9.17) is 9.90 Å². The summed E-state index contributed by atoms with van der Waals surface area (Å²) in [4.78, 5) is 31.9. The number of alkyl halides is 3. The fourth-order valence-electron chi connectivity index (χ4n) is 4.06. The molecule has 3 N–H and O–H groups in total. The van der Waals surface area contributed by atoms with E-state index in [0.717, 1.165) is 49.4 Å². The second-order valence-electron chi connectivity index (χ2n) is 8.35. The van der Waals surface area contributed by atoms with Crippen molar-refractivity contribution in [3.63, 3.8) is 0 Å². The first-order valence-electron chi connectivity index (χ1n) is 10.5. The van der Waals surface area contributed by atoms with Gasteiger partial charge in [0.1, 0.15) is 0 Å². The Kier molecular flexibility index (Phi) is 6.15. The fraction of sp³-hybridized carbons (Fsp3) is 0.409. The van der Waals surface area contributed by atoms with Crippen molar-refractivity contribution < 1.29 is 27.9 Å². The Morgan fingerprint density at radius 2 is 2.00 bits per heavy atom. The van der Waals surface area contributed by atoms with E-state index < -0.39 is 12.1 Å². The van der Waals surface area contributed by atoms with E-state index in [1.807, 2.05) is 24.1 Å². The normalized spacial score (nSPS) is 18.4. The molecule has 1 aliphatic heterocycles. The number of nitrogens with one attached hydrogen (secondary N) is 2. The number of amides is 1. The van der Waals surface area contributed by atoms with Gasteiger partial charge in [0, 0.05) is 49.8 Å². The molecule has 1 unspecified atom stereocenters. The number of rotatable bonds is 4. The second kappa shape index (κ2) is 8.89. The van der Waals surface area contributed by atoms with Gasteiger partial charge in [0.05, 0.1) is 23.6 Å². The number of halogens is 3. The molecule has 1 saturated carbocycles. The SMILES string of the molecule is Cn1cnc2c1C(C(=O)NC1CC1)CN(Cc1cccc3[nH]ccc13)C2.O=C(O)C(F)(F)F. The van der Waals surface area contributed by atoms with Crippen molar-refractivity contribution in [3.8, 4) is 0 Å². The maximum Gasteiger partial charge on any atom is 0.490 e. The number of carbonyl (C=O) groups is 2. The van der Waals surface area contributed by atoms with Crippen LogP contribution in [0.3, 0.4) is 0 Å². The highest BCUT2D eigenvalue weighted by Crippen LogP contribution is 2.31. The molecule has 1 atom stereocenters. The van der Waals surface area contributed by atoms with Crippen molar-refractivity contribution >= 4 is 22.8 Å². The third-order valence-electron chi connectivity index (χ3n) is 5.77. The van der Waals surface area contributed by atoms with Crippen LogP contribution in [0.1, 0.15) is 35.7 Å². The van der Waals surface area contributed by atoms with Crippen molar-refractivity contribution in [2.75, 3.05) is 6.54 Å². The monoisotopic (exact) mass is 463 g/mol. The predicted molar refractivity (Wildman–Crippen MR) is 113 cm³/mol. The Labute approximate surface area is 187 Å². The zero-order chi connectivity index (χ0) is 23.8. The van der Waals surface area contributed by atoms with E-state index in [0.29, 0.717) is 6.04 Å². The Morgan fingerprint density at radius 3 is 2.67 bits per heavy atom. The lowest BCUT2D eigenvalue weighted by Crippen LogP contribution is -2.42. The van der Waals surface area contributed by atoms with Gasteiger partial charge in [-0.1, -0.05) is 12.1 Å². The second-order valence-corrected chi connectivity index (χ2v) is 8.35. The molecule has 1 aromatic carbocycles. The van der Waals surface area contributed by atoms with Crippen molar-refractivity contribution in [2.24, 2.45) is 7.05 Å². The van der Waals surface area contributed by atoms with Crippen LogP contribution in [0.25, 0.3) is 10.9 Å². The molecular formula is C22H24F3N5O3. The Morgan fingerprint density at radius 1 is 1.27 bits per heavy atom. The van der Waals surface area contributed by atoms with Gasteiger partial charge >= 0.3 is 12.1 Å². The first kappa shape index (κ1) is 22.8. The topological polar surface area (TPSA) is 103 Å². The lowest BCUT2D eigenvalue weighted by atomic mass is 9.96. The molecule has 8 nitrogen and oxygen atoms in total. The minimum Gasteiger partial charge on any atom is -0.475 e. The third kappa shape index (κ3) is 5.19. The van der Waals surface area contributed by atoms with Gasteiger partial charge in [-0.25, -0.2) is 9.78 Å². The molecule has 1 aliphatic carbocycles. The quantitative estimate of drug-likeness (QED) is 0.552. The third-order valence-corrected chi connectivity index (χ3v) is 5.77. The van der Waals surface area contributed by atoms with E-state index in [9.17, 15) is 18.0 Å². The summed E-state index contributed by atoms with van der Waals surface area (Å²) in [6, 6.07) is 8.85. The first-order valence-corrected chi connectivity index (χ1v) is 10.5. The standard InChI is InChI=1S/C20H23N5O.C2HF3O2/c1-24-12-22-18-11-25(9-13-3-2-4-17-15(13)7-8-21-17)10-16(19(18)24)20(26)23-14-5-6-14;3-2(4,5)1(6)7/h2-4,7-8,12,14,16,21H,5-6,9-11H2,1H3,(H,23,26);(H,6,7). The molecule has 0 saturated heterocycles. The van der Waals surface area contributed by atoms with E-state index in [1.165, 1.54) is 10.9 Å². The molecule has 0 radical (unpaired) electrons. The number of H-pyrrole nitrogens is 1. The number of hydrogen-bond acceptors (Lipinski definition) is 4. The lowest BCUT2D eigenvalue weighted by molar-refractivity contribution is -0.192. The summed E-state index contributed by atoms with van der Waals surface area (Å²) in [6.45, 7) is 2.33. The average Bonchev–Trinajstić information content (AvgIpc) is 3.28. The summed E-state index contributed by atoms with van der Waals surface area (Å²) in [5.74, 6) is -2.77. The van der Waals surface area contributed by atoms with Gasteiger partial charge in [-0.05, 0) is 30.5 Å². The number of aliphatic carboxylic acids is 1. The van der Waals surface area contributed by atoms with Crippen LogP contribution in [-0.2, 0) is 29.7 Å². The predicted octanol–water partition coefficient (Wildman–Crippen LogP) is 2.91. The Hall–Kier alpha value is -3.34. The van der Waals surface area contributed by atoms with E-state index >= 15 is 0 Å². The van der Waals surface area contributed by atoms with Gasteiger partial charge in [-0.15, -0.1) is 0 Å². The van der Waals surface area contributed by atoms with Gasteiger partial charge in [0.2, 0.25) is 5.91 Å². The summed E-state index contributed by atoms with van der Waals surface area (Å²) in [7, 11) is 1.99. The molecule has 5 rings (SSSR count). The van der Waals surface area contributed by atoms with Crippen molar-refractivity contribution in [1.29, 1.82) is 0 Å². The number of hydrogen-bond donors (Lipinski definition) is 3. The van der Waals surface area contributed by atoms with Crippen LogP contribution < -0.4 is 5.32 Å². The smallest absolute Gasteiger partial charge is 0.475 e. The minimum absolute atomic E-state index is 0.141. The highest BCUT2D eigenvalue weighted by Gasteiger charge is 2.38. The van der Waals surface area contributed by atoms with Crippen molar-refractivity contribution in [2.45, 2.75) is 44.1 Å². The summed E-state index contributed by atoms with van der Waals surface area (Å²) in [6.07, 6.45) is 0.942. The van der Waals surface area contributed by atoms with Crippen molar-refractivity contribution in [1.82, 2.24) is 24.8 Å². The number of nitrogens with zero attached hydrogens (tertiary/aromatic N) is 3. The first-order chi connectivity index (χ1) is 15.6. The number of fused-ring (bicyclic) bond motifs is 2.